The van der Waals surface area contributed by atoms with Crippen LogP contribution in [0.1, 0.15) is 11.1 Å². The SMILES string of the molecule is COc1cccc(N2CCN(C(=O)Cn3ncc4c3-c3cc(C)ccc3OC4)CC2)c1. The molecule has 1 saturated heterocycles. The van der Waals surface area contributed by atoms with Gasteiger partial charge in [-0.3, -0.25) is 9.48 Å². The summed E-state index contributed by atoms with van der Waals surface area (Å²) in [7, 11) is 1.68. The van der Waals surface area contributed by atoms with Gasteiger partial charge in [0.2, 0.25) is 5.91 Å². The van der Waals surface area contributed by atoms with Gasteiger partial charge in [-0.15, -0.1) is 0 Å². The van der Waals surface area contributed by atoms with Crippen LogP contribution in [0.4, 0.5) is 5.69 Å². The zero-order valence-corrected chi connectivity index (χ0v) is 17.9. The zero-order valence-electron chi connectivity index (χ0n) is 17.9. The molecule has 1 amide bonds. The molecule has 1 aromatic heterocycles. The lowest BCUT2D eigenvalue weighted by Crippen LogP contribution is -2.49. The third-order valence-corrected chi connectivity index (χ3v) is 6.02. The molecule has 2 aliphatic rings. The molecule has 1 fully saturated rings. The van der Waals surface area contributed by atoms with Crippen LogP contribution in [0.3, 0.4) is 0 Å². The Labute approximate surface area is 181 Å². The highest BCUT2D eigenvalue weighted by atomic mass is 16.5. The molecule has 0 saturated carbocycles. The van der Waals surface area contributed by atoms with Crippen LogP contribution in [0.15, 0.2) is 48.7 Å². The number of methoxy groups -OCH3 is 1. The Balaban J connectivity index is 1.28. The maximum atomic E-state index is 13.1. The Bertz CT molecular complexity index is 1120. The van der Waals surface area contributed by atoms with Gasteiger partial charge in [0.25, 0.3) is 0 Å². The number of fused-ring (bicyclic) bond motifs is 3. The number of carbonyl (C=O) groups is 1. The highest BCUT2D eigenvalue weighted by Gasteiger charge is 2.26. The first-order chi connectivity index (χ1) is 15.1. The highest BCUT2D eigenvalue weighted by Crippen LogP contribution is 2.38. The molecule has 0 N–H and O–H groups in total. The summed E-state index contributed by atoms with van der Waals surface area (Å²) in [5.74, 6) is 1.79. The predicted molar refractivity (Wildman–Crippen MR) is 119 cm³/mol. The molecular formula is C24H26N4O3. The normalized spacial score (nSPS) is 15.2. The van der Waals surface area contributed by atoms with Crippen LogP contribution in [-0.2, 0) is 17.9 Å². The monoisotopic (exact) mass is 418 g/mol. The van der Waals surface area contributed by atoms with Gasteiger partial charge >= 0.3 is 0 Å². The molecule has 0 spiro atoms. The van der Waals surface area contributed by atoms with E-state index in [4.69, 9.17) is 9.47 Å². The van der Waals surface area contributed by atoms with Gasteiger partial charge in [-0.25, -0.2) is 0 Å². The quantitative estimate of drug-likeness (QED) is 0.652. The minimum Gasteiger partial charge on any atom is -0.497 e. The van der Waals surface area contributed by atoms with Gasteiger partial charge in [0.05, 0.1) is 19.0 Å². The summed E-state index contributed by atoms with van der Waals surface area (Å²) in [5, 5.41) is 4.51. The molecule has 31 heavy (non-hydrogen) atoms. The number of amides is 1. The first-order valence-electron chi connectivity index (χ1n) is 10.6. The lowest BCUT2D eigenvalue weighted by molar-refractivity contribution is -0.132. The van der Waals surface area contributed by atoms with Gasteiger partial charge in [0.1, 0.15) is 24.7 Å². The molecule has 0 aliphatic carbocycles. The van der Waals surface area contributed by atoms with Crippen LogP contribution in [0.25, 0.3) is 11.3 Å². The molecule has 0 atom stereocenters. The van der Waals surface area contributed by atoms with E-state index in [9.17, 15) is 4.79 Å². The second-order valence-corrected chi connectivity index (χ2v) is 8.03. The maximum Gasteiger partial charge on any atom is 0.244 e. The number of aromatic nitrogens is 2. The summed E-state index contributed by atoms with van der Waals surface area (Å²) in [6, 6.07) is 14.2. The van der Waals surface area contributed by atoms with Gasteiger partial charge in [-0.05, 0) is 31.2 Å². The molecule has 7 heteroatoms. The van der Waals surface area contributed by atoms with Crippen molar-refractivity contribution in [2.75, 3.05) is 38.2 Å². The topological polar surface area (TPSA) is 59.8 Å². The second-order valence-electron chi connectivity index (χ2n) is 8.03. The van der Waals surface area contributed by atoms with Crippen molar-refractivity contribution in [1.29, 1.82) is 0 Å². The van der Waals surface area contributed by atoms with Crippen molar-refractivity contribution < 1.29 is 14.3 Å². The summed E-state index contributed by atoms with van der Waals surface area (Å²) < 4.78 is 13.0. The number of hydrogen-bond acceptors (Lipinski definition) is 5. The molecular weight excluding hydrogens is 392 g/mol. The Morgan fingerprint density at radius 3 is 2.77 bits per heavy atom. The molecule has 7 nitrogen and oxygen atoms in total. The summed E-state index contributed by atoms with van der Waals surface area (Å²) in [6.45, 7) is 5.76. The van der Waals surface area contributed by atoms with Crippen molar-refractivity contribution in [3.8, 4) is 22.8 Å². The first kappa shape index (κ1) is 19.5. The predicted octanol–water partition coefficient (Wildman–Crippen LogP) is 3.11. The van der Waals surface area contributed by atoms with E-state index in [1.54, 1.807) is 7.11 Å². The van der Waals surface area contributed by atoms with E-state index >= 15 is 0 Å². The van der Waals surface area contributed by atoms with Crippen LogP contribution in [0, 0.1) is 6.92 Å². The van der Waals surface area contributed by atoms with Crippen LogP contribution >= 0.6 is 0 Å². The van der Waals surface area contributed by atoms with E-state index in [2.05, 4.69) is 29.1 Å². The standard InChI is InChI=1S/C24H26N4O3/c1-17-6-7-22-21(12-17)24-18(16-31-22)14-25-28(24)15-23(29)27-10-8-26(9-11-27)19-4-3-5-20(13-19)30-2/h3-7,12-14H,8-11,15-16H2,1-2H3. The number of nitrogens with zero attached hydrogens (tertiary/aromatic N) is 4. The number of aryl methyl sites for hydroxylation is 1. The van der Waals surface area contributed by atoms with E-state index < -0.39 is 0 Å². The Hall–Kier alpha value is -3.48. The van der Waals surface area contributed by atoms with Gasteiger partial charge in [-0.2, -0.15) is 5.10 Å². The summed E-state index contributed by atoms with van der Waals surface area (Å²) in [6.07, 6.45) is 1.81. The fourth-order valence-corrected chi connectivity index (χ4v) is 4.32. The van der Waals surface area contributed by atoms with Gasteiger partial charge in [-0.1, -0.05) is 17.7 Å². The van der Waals surface area contributed by atoms with Crippen molar-refractivity contribution in [3.05, 3.63) is 59.8 Å². The number of piperazine rings is 1. The number of hydrogen-bond donors (Lipinski definition) is 0. The van der Waals surface area contributed by atoms with E-state index in [0.29, 0.717) is 19.7 Å². The van der Waals surface area contributed by atoms with Gasteiger partial charge < -0.3 is 19.3 Å². The van der Waals surface area contributed by atoms with E-state index in [1.165, 1.54) is 0 Å². The van der Waals surface area contributed by atoms with Crippen LogP contribution < -0.4 is 14.4 Å². The first-order valence-corrected chi connectivity index (χ1v) is 10.6. The molecule has 2 aliphatic heterocycles. The van der Waals surface area contributed by atoms with Crippen LogP contribution in [-0.4, -0.2) is 53.9 Å². The molecule has 3 aromatic rings. The van der Waals surface area contributed by atoms with Gasteiger partial charge in [0, 0.05) is 49.1 Å². The summed E-state index contributed by atoms with van der Waals surface area (Å²) >= 11 is 0. The molecule has 0 unspecified atom stereocenters. The van der Waals surface area contributed by atoms with Crippen molar-refractivity contribution in [1.82, 2.24) is 14.7 Å². The lowest BCUT2D eigenvalue weighted by Gasteiger charge is -2.36. The van der Waals surface area contributed by atoms with Crippen molar-refractivity contribution in [3.63, 3.8) is 0 Å². The van der Waals surface area contributed by atoms with Crippen LogP contribution in [0.2, 0.25) is 0 Å². The summed E-state index contributed by atoms with van der Waals surface area (Å²) in [4.78, 5) is 17.3. The largest absolute Gasteiger partial charge is 0.497 e. The summed E-state index contributed by atoms with van der Waals surface area (Å²) in [5.41, 5.74) is 5.30. The number of ether oxygens (including phenoxy) is 2. The second kappa shape index (κ2) is 7.98. The highest BCUT2D eigenvalue weighted by molar-refractivity contribution is 5.79. The number of benzene rings is 2. The Morgan fingerprint density at radius 1 is 1.13 bits per heavy atom. The number of rotatable bonds is 4. The van der Waals surface area contributed by atoms with Crippen molar-refractivity contribution >= 4 is 11.6 Å². The molecule has 160 valence electrons. The minimum atomic E-state index is 0.0943. The third-order valence-electron chi connectivity index (χ3n) is 6.02. The molecule has 2 aromatic carbocycles. The van der Waals surface area contributed by atoms with E-state index in [1.807, 2.05) is 46.1 Å². The zero-order chi connectivity index (χ0) is 21.4. The molecule has 3 heterocycles. The lowest BCUT2D eigenvalue weighted by atomic mass is 10.0. The number of anilines is 1. The number of carbonyl (C=O) groups excluding carboxylic acids is 1. The van der Waals surface area contributed by atoms with E-state index in [-0.39, 0.29) is 12.5 Å². The Kier molecular flexibility index (Phi) is 5.02. The fourth-order valence-electron chi connectivity index (χ4n) is 4.32. The van der Waals surface area contributed by atoms with Crippen molar-refractivity contribution in [2.45, 2.75) is 20.1 Å². The third kappa shape index (κ3) is 3.71. The molecule has 5 rings (SSSR count). The average Bonchev–Trinajstić information content (AvgIpc) is 3.22. The Morgan fingerprint density at radius 2 is 1.97 bits per heavy atom. The smallest absolute Gasteiger partial charge is 0.244 e. The molecule has 0 radical (unpaired) electrons. The van der Waals surface area contributed by atoms with Crippen LogP contribution in [0.5, 0.6) is 11.5 Å². The minimum absolute atomic E-state index is 0.0943. The van der Waals surface area contributed by atoms with Gasteiger partial charge in [0.15, 0.2) is 0 Å². The maximum absolute atomic E-state index is 13.1. The van der Waals surface area contributed by atoms with Crippen molar-refractivity contribution in [2.24, 2.45) is 0 Å². The average molecular weight is 418 g/mol. The fraction of sp³-hybridized carbons (Fsp3) is 0.333. The van der Waals surface area contributed by atoms with E-state index in [0.717, 1.165) is 52.7 Å². The molecule has 0 bridgehead atoms.